The lowest BCUT2D eigenvalue weighted by molar-refractivity contribution is -0.116. The molecule has 0 atom stereocenters. The Morgan fingerprint density at radius 3 is 2.61 bits per heavy atom. The van der Waals surface area contributed by atoms with Crippen LogP contribution in [0, 0.1) is 10.5 Å². The van der Waals surface area contributed by atoms with Gasteiger partial charge in [-0.15, -0.1) is 0 Å². The number of carbonyl (C=O) groups excluding carboxylic acids is 1. The van der Waals surface area contributed by atoms with Crippen molar-refractivity contribution >= 4 is 34.2 Å². The van der Waals surface area contributed by atoms with Crippen LogP contribution in [0.3, 0.4) is 0 Å². The largest absolute Gasteiger partial charge is 0.493 e. The Morgan fingerprint density at radius 2 is 1.91 bits per heavy atom. The third-order valence-electron chi connectivity index (χ3n) is 3.34. The van der Waals surface area contributed by atoms with Crippen molar-refractivity contribution < 1.29 is 14.3 Å². The topological polar surface area (TPSA) is 47.6 Å². The molecular weight excluding hydrogens is 405 g/mol. The van der Waals surface area contributed by atoms with E-state index < -0.39 is 0 Å². The maximum atomic E-state index is 12.0. The maximum absolute atomic E-state index is 12.0. The van der Waals surface area contributed by atoms with Crippen molar-refractivity contribution in [3.63, 3.8) is 0 Å². The Bertz CT molecular complexity index is 673. The van der Waals surface area contributed by atoms with Crippen molar-refractivity contribution in [3.05, 3.63) is 51.6 Å². The van der Waals surface area contributed by atoms with Gasteiger partial charge in [-0.2, -0.15) is 0 Å². The molecule has 0 aliphatic rings. The number of benzene rings is 2. The summed E-state index contributed by atoms with van der Waals surface area (Å²) in [6.07, 6.45) is 1.06. The van der Waals surface area contributed by atoms with E-state index in [9.17, 15) is 4.79 Å². The van der Waals surface area contributed by atoms with Crippen LogP contribution in [0.1, 0.15) is 18.4 Å². The van der Waals surface area contributed by atoms with Gasteiger partial charge >= 0.3 is 0 Å². The van der Waals surface area contributed by atoms with Crippen molar-refractivity contribution in [2.24, 2.45) is 0 Å². The van der Waals surface area contributed by atoms with Gasteiger partial charge in [-0.1, -0.05) is 12.1 Å². The molecule has 0 aliphatic heterocycles. The molecule has 2 aromatic rings. The Hall–Kier alpha value is -1.76. The molecule has 0 unspecified atom stereocenters. The number of para-hydroxylation sites is 2. The minimum Gasteiger partial charge on any atom is -0.493 e. The first-order valence-electron chi connectivity index (χ1n) is 7.42. The second kappa shape index (κ2) is 8.76. The fourth-order valence-corrected chi connectivity index (χ4v) is 2.78. The van der Waals surface area contributed by atoms with Crippen molar-refractivity contribution in [3.8, 4) is 11.5 Å². The first-order valence-corrected chi connectivity index (χ1v) is 8.50. The van der Waals surface area contributed by atoms with Crippen LogP contribution in [0.25, 0.3) is 0 Å². The molecule has 0 spiro atoms. The molecule has 0 fully saturated rings. The van der Waals surface area contributed by atoms with Crippen molar-refractivity contribution in [1.82, 2.24) is 0 Å². The number of ether oxygens (including phenoxy) is 2. The van der Waals surface area contributed by atoms with Gasteiger partial charge in [-0.05, 0) is 71.8 Å². The van der Waals surface area contributed by atoms with Gasteiger partial charge in [0.2, 0.25) is 5.91 Å². The van der Waals surface area contributed by atoms with Gasteiger partial charge in [-0.25, -0.2) is 0 Å². The van der Waals surface area contributed by atoms with E-state index >= 15 is 0 Å². The Morgan fingerprint density at radius 1 is 1.17 bits per heavy atom. The SMILES string of the molecule is COc1ccccc1OCCCC(=O)Nc1ccc(I)cc1C. The summed E-state index contributed by atoms with van der Waals surface area (Å²) in [5.41, 5.74) is 1.93. The number of aryl methyl sites for hydroxylation is 1. The normalized spacial score (nSPS) is 10.2. The predicted octanol–water partition coefficient (Wildman–Crippen LogP) is 4.41. The van der Waals surface area contributed by atoms with Crippen LogP contribution < -0.4 is 14.8 Å². The average Bonchev–Trinajstić information content (AvgIpc) is 2.54. The molecule has 2 rings (SSSR count). The van der Waals surface area contributed by atoms with Crippen molar-refractivity contribution in [1.29, 1.82) is 0 Å². The molecule has 1 amide bonds. The minimum absolute atomic E-state index is 0.00191. The van der Waals surface area contributed by atoms with Gasteiger partial charge in [0.15, 0.2) is 11.5 Å². The minimum atomic E-state index is -0.00191. The number of methoxy groups -OCH3 is 1. The molecule has 122 valence electrons. The molecule has 0 bridgehead atoms. The number of rotatable bonds is 7. The molecule has 2 aromatic carbocycles. The zero-order valence-corrected chi connectivity index (χ0v) is 15.4. The third-order valence-corrected chi connectivity index (χ3v) is 4.01. The standard InChI is InChI=1S/C18H20INO3/c1-13-12-14(19)9-10-15(13)20-18(21)8-5-11-23-17-7-4-3-6-16(17)22-2/h3-4,6-7,9-10,12H,5,8,11H2,1-2H3,(H,20,21). The molecular formula is C18H20INO3. The van der Waals surface area contributed by atoms with Crippen LogP contribution in [-0.2, 0) is 4.79 Å². The molecule has 23 heavy (non-hydrogen) atoms. The molecule has 4 nitrogen and oxygen atoms in total. The fraction of sp³-hybridized carbons (Fsp3) is 0.278. The highest BCUT2D eigenvalue weighted by atomic mass is 127. The smallest absolute Gasteiger partial charge is 0.224 e. The van der Waals surface area contributed by atoms with Gasteiger partial charge in [0, 0.05) is 15.7 Å². The van der Waals surface area contributed by atoms with Crippen LogP contribution in [0.15, 0.2) is 42.5 Å². The summed E-state index contributed by atoms with van der Waals surface area (Å²) < 4.78 is 12.0. The van der Waals surface area contributed by atoms with Crippen molar-refractivity contribution in [2.75, 3.05) is 19.0 Å². The molecule has 0 aromatic heterocycles. The number of nitrogens with one attached hydrogen (secondary N) is 1. The molecule has 0 saturated heterocycles. The second-order valence-electron chi connectivity index (χ2n) is 5.11. The molecule has 0 radical (unpaired) electrons. The first kappa shape index (κ1) is 17.6. The summed E-state index contributed by atoms with van der Waals surface area (Å²) in [4.78, 5) is 12.0. The summed E-state index contributed by atoms with van der Waals surface area (Å²) in [6.45, 7) is 2.46. The molecule has 0 aliphatic carbocycles. The zero-order chi connectivity index (χ0) is 16.7. The Balaban J connectivity index is 1.76. The summed E-state index contributed by atoms with van der Waals surface area (Å²) in [5, 5.41) is 2.94. The van der Waals surface area contributed by atoms with E-state index in [4.69, 9.17) is 9.47 Å². The third kappa shape index (κ3) is 5.42. The van der Waals surface area contributed by atoms with E-state index in [0.29, 0.717) is 30.9 Å². The first-order chi connectivity index (χ1) is 11.1. The monoisotopic (exact) mass is 425 g/mol. The number of halogens is 1. The second-order valence-corrected chi connectivity index (χ2v) is 6.36. The van der Waals surface area contributed by atoms with Crippen LogP contribution in [0.4, 0.5) is 5.69 Å². The van der Waals surface area contributed by atoms with Gasteiger partial charge in [0.25, 0.3) is 0 Å². The number of hydrogen-bond acceptors (Lipinski definition) is 3. The highest BCUT2D eigenvalue weighted by Gasteiger charge is 2.06. The summed E-state index contributed by atoms with van der Waals surface area (Å²) >= 11 is 2.26. The van der Waals surface area contributed by atoms with E-state index in [1.807, 2.05) is 49.4 Å². The average molecular weight is 425 g/mol. The van der Waals surface area contributed by atoms with Crippen LogP contribution in [0.5, 0.6) is 11.5 Å². The quantitative estimate of drug-likeness (QED) is 0.528. The number of anilines is 1. The Labute approximate surface area is 150 Å². The zero-order valence-electron chi connectivity index (χ0n) is 13.3. The lowest BCUT2D eigenvalue weighted by Crippen LogP contribution is -2.13. The fourth-order valence-electron chi connectivity index (χ4n) is 2.13. The molecule has 0 saturated carbocycles. The van der Waals surface area contributed by atoms with Gasteiger partial charge in [0.1, 0.15) is 0 Å². The molecule has 0 heterocycles. The van der Waals surface area contributed by atoms with Crippen LogP contribution in [-0.4, -0.2) is 19.6 Å². The number of amides is 1. The van der Waals surface area contributed by atoms with Crippen LogP contribution >= 0.6 is 22.6 Å². The predicted molar refractivity (Wildman–Crippen MR) is 100 cm³/mol. The van der Waals surface area contributed by atoms with Crippen molar-refractivity contribution in [2.45, 2.75) is 19.8 Å². The van der Waals surface area contributed by atoms with E-state index in [1.54, 1.807) is 7.11 Å². The van der Waals surface area contributed by atoms with E-state index in [0.717, 1.165) is 14.8 Å². The van der Waals surface area contributed by atoms with Gasteiger partial charge in [-0.3, -0.25) is 4.79 Å². The highest BCUT2D eigenvalue weighted by Crippen LogP contribution is 2.25. The number of hydrogen-bond donors (Lipinski definition) is 1. The molecule has 1 N–H and O–H groups in total. The summed E-state index contributed by atoms with van der Waals surface area (Å²) in [7, 11) is 1.61. The summed E-state index contributed by atoms with van der Waals surface area (Å²) in [6, 6.07) is 13.4. The lowest BCUT2D eigenvalue weighted by Gasteiger charge is -2.11. The maximum Gasteiger partial charge on any atom is 0.224 e. The van der Waals surface area contributed by atoms with Crippen LogP contribution in [0.2, 0.25) is 0 Å². The van der Waals surface area contributed by atoms with E-state index in [1.165, 1.54) is 0 Å². The lowest BCUT2D eigenvalue weighted by atomic mass is 10.2. The Kier molecular flexibility index (Phi) is 6.70. The molecule has 5 heteroatoms. The summed E-state index contributed by atoms with van der Waals surface area (Å²) in [5.74, 6) is 1.40. The van der Waals surface area contributed by atoms with E-state index in [2.05, 4.69) is 27.9 Å². The van der Waals surface area contributed by atoms with Gasteiger partial charge < -0.3 is 14.8 Å². The van der Waals surface area contributed by atoms with E-state index in [-0.39, 0.29) is 5.91 Å². The highest BCUT2D eigenvalue weighted by molar-refractivity contribution is 14.1. The number of carbonyl (C=O) groups is 1. The van der Waals surface area contributed by atoms with Gasteiger partial charge in [0.05, 0.1) is 13.7 Å².